The molecule has 0 aromatic carbocycles. The predicted octanol–water partition coefficient (Wildman–Crippen LogP) is 3.88. The summed E-state index contributed by atoms with van der Waals surface area (Å²) in [5.41, 5.74) is 2.42. The second-order valence-corrected chi connectivity index (χ2v) is 6.22. The molecule has 3 rings (SSSR count). The molecule has 0 atom stereocenters. The number of aromatic nitrogens is 3. The van der Waals surface area contributed by atoms with Crippen molar-refractivity contribution >= 4 is 27.4 Å². The van der Waals surface area contributed by atoms with Crippen LogP contribution in [0.1, 0.15) is 28.8 Å². The van der Waals surface area contributed by atoms with Gasteiger partial charge < -0.3 is 5.32 Å². The van der Waals surface area contributed by atoms with Crippen molar-refractivity contribution in [3.63, 3.8) is 0 Å². The highest BCUT2D eigenvalue weighted by Crippen LogP contribution is 2.33. The van der Waals surface area contributed by atoms with Crippen LogP contribution in [0.5, 0.6) is 0 Å². The van der Waals surface area contributed by atoms with E-state index in [2.05, 4.69) is 47.1 Å². The number of anilines is 1. The van der Waals surface area contributed by atoms with E-state index >= 15 is 0 Å². The molecule has 21 heavy (non-hydrogen) atoms. The summed E-state index contributed by atoms with van der Waals surface area (Å²) in [7, 11) is 0. The van der Waals surface area contributed by atoms with Gasteiger partial charge >= 0.3 is 0 Å². The zero-order chi connectivity index (χ0) is 14.8. The summed E-state index contributed by atoms with van der Waals surface area (Å²) >= 11 is 1.74. The average molecular weight is 298 g/mol. The molecule has 0 fully saturated rings. The van der Waals surface area contributed by atoms with Crippen LogP contribution in [-0.2, 0) is 13.0 Å². The highest BCUT2D eigenvalue weighted by Gasteiger charge is 2.13. The van der Waals surface area contributed by atoms with Gasteiger partial charge in [0.05, 0.1) is 5.39 Å². The first-order valence-electron chi connectivity index (χ1n) is 7.08. The van der Waals surface area contributed by atoms with Crippen LogP contribution in [-0.4, -0.2) is 15.0 Å². The number of fused-ring (bicyclic) bond motifs is 1. The minimum atomic E-state index is 0.720. The first-order valence-corrected chi connectivity index (χ1v) is 7.90. The number of pyridine rings is 1. The molecule has 1 N–H and O–H groups in total. The van der Waals surface area contributed by atoms with Gasteiger partial charge in [-0.3, -0.25) is 4.98 Å². The molecular formula is C16H18N4S. The van der Waals surface area contributed by atoms with Crippen molar-refractivity contribution in [1.29, 1.82) is 0 Å². The van der Waals surface area contributed by atoms with E-state index < -0.39 is 0 Å². The van der Waals surface area contributed by atoms with Gasteiger partial charge in [-0.1, -0.05) is 13.0 Å². The van der Waals surface area contributed by atoms with Gasteiger partial charge in [-0.2, -0.15) is 0 Å². The Labute approximate surface area is 128 Å². The molecule has 3 aromatic rings. The van der Waals surface area contributed by atoms with Crippen LogP contribution in [0.2, 0.25) is 0 Å². The SMILES string of the molecule is CCc1nc(NCc2cccnc2)c2c(C)c(C)sc2n1. The van der Waals surface area contributed by atoms with Crippen LogP contribution < -0.4 is 5.32 Å². The molecule has 0 spiro atoms. The Balaban J connectivity index is 1.99. The average Bonchev–Trinajstić information content (AvgIpc) is 2.80. The normalized spacial score (nSPS) is 11.0. The molecule has 4 nitrogen and oxygen atoms in total. The largest absolute Gasteiger partial charge is 0.365 e. The third-order valence-electron chi connectivity index (χ3n) is 3.57. The van der Waals surface area contributed by atoms with Crippen molar-refractivity contribution in [1.82, 2.24) is 15.0 Å². The van der Waals surface area contributed by atoms with E-state index in [0.29, 0.717) is 0 Å². The first-order chi connectivity index (χ1) is 10.2. The number of rotatable bonds is 4. The quantitative estimate of drug-likeness (QED) is 0.794. The predicted molar refractivity (Wildman–Crippen MR) is 87.8 cm³/mol. The summed E-state index contributed by atoms with van der Waals surface area (Å²) < 4.78 is 0. The molecule has 0 aliphatic rings. The Morgan fingerprint density at radius 1 is 1.24 bits per heavy atom. The van der Waals surface area contributed by atoms with Crippen LogP contribution in [0.15, 0.2) is 24.5 Å². The number of aryl methyl sites for hydroxylation is 3. The lowest BCUT2D eigenvalue weighted by atomic mass is 10.2. The molecule has 3 aromatic heterocycles. The smallest absolute Gasteiger partial charge is 0.139 e. The Bertz CT molecular complexity index is 765. The molecule has 0 unspecified atom stereocenters. The molecule has 0 bridgehead atoms. The Morgan fingerprint density at radius 2 is 2.10 bits per heavy atom. The summed E-state index contributed by atoms with van der Waals surface area (Å²) in [6, 6.07) is 4.01. The fourth-order valence-corrected chi connectivity index (χ4v) is 3.32. The minimum Gasteiger partial charge on any atom is -0.365 e. The van der Waals surface area contributed by atoms with Crippen LogP contribution in [0.25, 0.3) is 10.2 Å². The minimum absolute atomic E-state index is 0.720. The summed E-state index contributed by atoms with van der Waals surface area (Å²) in [6.07, 6.45) is 4.50. The van der Waals surface area contributed by atoms with Crippen molar-refractivity contribution in [2.24, 2.45) is 0 Å². The van der Waals surface area contributed by atoms with Gasteiger partial charge in [0, 0.05) is 30.2 Å². The van der Waals surface area contributed by atoms with Crippen molar-refractivity contribution in [3.8, 4) is 0 Å². The maximum atomic E-state index is 4.67. The summed E-state index contributed by atoms with van der Waals surface area (Å²) in [5.74, 6) is 1.82. The summed E-state index contributed by atoms with van der Waals surface area (Å²) in [4.78, 5) is 15.8. The number of thiophene rings is 1. The standard InChI is InChI=1S/C16H18N4S/c1-4-13-19-15(18-9-12-6-5-7-17-8-12)14-10(2)11(3)21-16(14)20-13/h5-8H,4,9H2,1-3H3,(H,18,19,20). The second kappa shape index (κ2) is 5.77. The third kappa shape index (κ3) is 2.74. The van der Waals surface area contributed by atoms with Gasteiger partial charge in [-0.05, 0) is 31.0 Å². The van der Waals surface area contributed by atoms with E-state index in [1.54, 1.807) is 17.5 Å². The lowest BCUT2D eigenvalue weighted by Gasteiger charge is -2.09. The number of nitrogens with zero attached hydrogens (tertiary/aromatic N) is 3. The molecule has 5 heteroatoms. The van der Waals surface area contributed by atoms with Crippen molar-refractivity contribution < 1.29 is 0 Å². The molecule has 108 valence electrons. The van der Waals surface area contributed by atoms with Crippen LogP contribution in [0.3, 0.4) is 0 Å². The van der Waals surface area contributed by atoms with Gasteiger partial charge in [-0.25, -0.2) is 9.97 Å². The van der Waals surface area contributed by atoms with Crippen LogP contribution in [0.4, 0.5) is 5.82 Å². The van der Waals surface area contributed by atoms with Gasteiger partial charge in [0.1, 0.15) is 16.5 Å². The van der Waals surface area contributed by atoms with E-state index in [0.717, 1.165) is 40.4 Å². The maximum Gasteiger partial charge on any atom is 0.139 e. The van der Waals surface area contributed by atoms with Gasteiger partial charge in [0.15, 0.2) is 0 Å². The molecule has 3 heterocycles. The maximum absolute atomic E-state index is 4.67. The highest BCUT2D eigenvalue weighted by atomic mass is 32.1. The Morgan fingerprint density at radius 3 is 2.81 bits per heavy atom. The molecule has 0 amide bonds. The zero-order valence-electron chi connectivity index (χ0n) is 12.5. The molecule has 0 radical (unpaired) electrons. The zero-order valence-corrected chi connectivity index (χ0v) is 13.3. The molecule has 0 aliphatic heterocycles. The Kier molecular flexibility index (Phi) is 3.84. The summed E-state index contributed by atoms with van der Waals surface area (Å²) in [6.45, 7) is 7.08. The number of hydrogen-bond donors (Lipinski definition) is 1. The van der Waals surface area contributed by atoms with E-state index in [1.807, 2.05) is 12.3 Å². The van der Waals surface area contributed by atoms with E-state index in [1.165, 1.54) is 10.4 Å². The van der Waals surface area contributed by atoms with Crippen LogP contribution in [0, 0.1) is 13.8 Å². The highest BCUT2D eigenvalue weighted by molar-refractivity contribution is 7.18. The fraction of sp³-hybridized carbons (Fsp3) is 0.312. The van der Waals surface area contributed by atoms with Gasteiger partial charge in [-0.15, -0.1) is 11.3 Å². The fourth-order valence-electron chi connectivity index (χ4n) is 2.27. The lowest BCUT2D eigenvalue weighted by Crippen LogP contribution is -2.05. The van der Waals surface area contributed by atoms with E-state index in [4.69, 9.17) is 0 Å². The number of hydrogen-bond acceptors (Lipinski definition) is 5. The van der Waals surface area contributed by atoms with Crippen LogP contribution >= 0.6 is 11.3 Å². The topological polar surface area (TPSA) is 50.7 Å². The molecule has 0 aliphatic carbocycles. The monoisotopic (exact) mass is 298 g/mol. The van der Waals surface area contributed by atoms with Crippen molar-refractivity contribution in [2.75, 3.05) is 5.32 Å². The van der Waals surface area contributed by atoms with Crippen molar-refractivity contribution in [3.05, 3.63) is 46.4 Å². The molecule has 0 saturated carbocycles. The Hall–Kier alpha value is -2.01. The molecular weight excluding hydrogens is 280 g/mol. The second-order valence-electron chi connectivity index (χ2n) is 5.02. The number of nitrogens with one attached hydrogen (secondary N) is 1. The first kappa shape index (κ1) is 13.9. The van der Waals surface area contributed by atoms with Crippen molar-refractivity contribution in [2.45, 2.75) is 33.7 Å². The van der Waals surface area contributed by atoms with E-state index in [9.17, 15) is 0 Å². The van der Waals surface area contributed by atoms with E-state index in [-0.39, 0.29) is 0 Å². The van der Waals surface area contributed by atoms with Gasteiger partial charge in [0.25, 0.3) is 0 Å². The molecule has 0 saturated heterocycles. The van der Waals surface area contributed by atoms with Gasteiger partial charge in [0.2, 0.25) is 0 Å². The third-order valence-corrected chi connectivity index (χ3v) is 4.68. The lowest BCUT2D eigenvalue weighted by molar-refractivity contribution is 0.955. The summed E-state index contributed by atoms with van der Waals surface area (Å²) in [5, 5.41) is 4.60.